The summed E-state index contributed by atoms with van der Waals surface area (Å²) in [5.74, 6) is 0.843. The van der Waals surface area contributed by atoms with Crippen LogP contribution in [0.15, 0.2) is 10.2 Å². The maximum Gasteiger partial charge on any atom is 0.162 e. The van der Waals surface area contributed by atoms with Gasteiger partial charge in [0.15, 0.2) is 5.82 Å². The minimum Gasteiger partial charge on any atom is -0.302 e. The number of pyridine rings is 1. The van der Waals surface area contributed by atoms with Crippen molar-refractivity contribution in [1.29, 1.82) is 5.26 Å². The first kappa shape index (κ1) is 10.6. The molecule has 0 aromatic carbocycles. The third kappa shape index (κ3) is 1.43. The Kier molecular flexibility index (Phi) is 2.31. The normalized spacial score (nSPS) is 17.6. The second kappa shape index (κ2) is 3.72. The lowest BCUT2D eigenvalue weighted by molar-refractivity contribution is 0.312. The molecule has 2 aliphatic rings. The van der Waals surface area contributed by atoms with Crippen molar-refractivity contribution in [2.75, 3.05) is 13.6 Å². The van der Waals surface area contributed by atoms with Crippen molar-refractivity contribution in [3.8, 4) is 6.07 Å². The Hall–Kier alpha value is -1.58. The van der Waals surface area contributed by atoms with Gasteiger partial charge in [-0.25, -0.2) is 0 Å². The minimum absolute atomic E-state index is 0.444. The van der Waals surface area contributed by atoms with Crippen LogP contribution in [0.3, 0.4) is 0 Å². The number of likely N-dealkylation sites (N-methyl/N-ethyl adjacent to an activating group) is 1. The van der Waals surface area contributed by atoms with Crippen molar-refractivity contribution in [3.63, 3.8) is 0 Å². The van der Waals surface area contributed by atoms with Crippen LogP contribution in [-0.2, 0) is 19.6 Å². The zero-order valence-corrected chi connectivity index (χ0v) is 10.3. The van der Waals surface area contributed by atoms with Crippen LogP contribution < -0.4 is 0 Å². The predicted molar refractivity (Wildman–Crippen MR) is 64.5 cm³/mol. The summed E-state index contributed by atoms with van der Waals surface area (Å²) in [7, 11) is 2.07. The molecule has 0 N–H and O–H groups in total. The molecular weight excluding hydrogens is 234 g/mol. The fourth-order valence-electron chi connectivity index (χ4n) is 2.43. The van der Waals surface area contributed by atoms with E-state index in [0.717, 1.165) is 36.5 Å². The molecule has 0 amide bonds. The molecule has 0 saturated carbocycles. The molecule has 6 heteroatoms. The molecule has 0 spiro atoms. The Morgan fingerprint density at radius 1 is 1.41 bits per heavy atom. The van der Waals surface area contributed by atoms with Crippen molar-refractivity contribution in [2.24, 2.45) is 10.2 Å². The summed E-state index contributed by atoms with van der Waals surface area (Å²) in [6.07, 6.45) is 0.863. The van der Waals surface area contributed by atoms with E-state index in [1.54, 1.807) is 0 Å². The van der Waals surface area contributed by atoms with Crippen LogP contribution in [0.25, 0.3) is 0 Å². The number of nitriles is 1. The van der Waals surface area contributed by atoms with Gasteiger partial charge in [0.05, 0.1) is 5.56 Å². The molecule has 0 fully saturated rings. The van der Waals surface area contributed by atoms with Crippen molar-refractivity contribution in [1.82, 2.24) is 9.47 Å². The molecule has 0 saturated heterocycles. The monoisotopic (exact) mass is 245 g/mol. The smallest absolute Gasteiger partial charge is 0.162 e. The van der Waals surface area contributed by atoms with Gasteiger partial charge in [0.25, 0.3) is 0 Å². The summed E-state index contributed by atoms with van der Waals surface area (Å²) in [6, 6.07) is 2.24. The van der Waals surface area contributed by atoms with E-state index in [0.29, 0.717) is 16.9 Å². The van der Waals surface area contributed by atoms with Gasteiger partial charge in [-0.2, -0.15) is 10.4 Å². The highest BCUT2D eigenvalue weighted by atomic mass is 32.1. The standard InChI is InChI=1S/C11H11N5S/c1-15-3-2-7-8(4-12)11(17)16-6-13-14-10(16)9(7)5-15/h2-3,5-6H2,1H3. The largest absolute Gasteiger partial charge is 0.302 e. The molecule has 3 rings (SSSR count). The number of azo groups is 1. The van der Waals surface area contributed by atoms with Gasteiger partial charge in [-0.05, 0) is 19.0 Å². The summed E-state index contributed by atoms with van der Waals surface area (Å²) < 4.78 is 2.43. The zero-order valence-electron chi connectivity index (χ0n) is 9.47. The summed E-state index contributed by atoms with van der Waals surface area (Å²) >= 11 is 5.34. The Morgan fingerprint density at radius 2 is 2.24 bits per heavy atom. The Morgan fingerprint density at radius 3 is 3.00 bits per heavy atom. The average Bonchev–Trinajstić information content (AvgIpc) is 2.80. The van der Waals surface area contributed by atoms with E-state index in [2.05, 4.69) is 28.2 Å². The molecule has 0 atom stereocenters. The van der Waals surface area contributed by atoms with Crippen molar-refractivity contribution in [2.45, 2.75) is 19.6 Å². The maximum atomic E-state index is 9.27. The highest BCUT2D eigenvalue weighted by molar-refractivity contribution is 7.71. The van der Waals surface area contributed by atoms with Gasteiger partial charge in [0.2, 0.25) is 0 Å². The Balaban J connectivity index is 2.35. The molecule has 0 unspecified atom stereocenters. The third-order valence-corrected chi connectivity index (χ3v) is 3.73. The fraction of sp³-hybridized carbons (Fsp3) is 0.455. The van der Waals surface area contributed by atoms with Crippen LogP contribution >= 0.6 is 12.2 Å². The zero-order chi connectivity index (χ0) is 12.0. The van der Waals surface area contributed by atoms with Gasteiger partial charge in [0, 0.05) is 18.7 Å². The van der Waals surface area contributed by atoms with Crippen LogP contribution in [-0.4, -0.2) is 23.1 Å². The molecule has 0 bridgehead atoms. The van der Waals surface area contributed by atoms with Gasteiger partial charge in [-0.3, -0.25) is 4.57 Å². The molecule has 0 aliphatic carbocycles. The minimum atomic E-state index is 0.444. The molecule has 0 radical (unpaired) electrons. The van der Waals surface area contributed by atoms with E-state index in [9.17, 15) is 5.26 Å². The average molecular weight is 245 g/mol. The first-order chi connectivity index (χ1) is 8.22. The second-order valence-electron chi connectivity index (χ2n) is 4.37. The summed E-state index contributed by atoms with van der Waals surface area (Å²) in [4.78, 5) is 2.22. The number of rotatable bonds is 0. The van der Waals surface area contributed by atoms with E-state index in [-0.39, 0.29) is 0 Å². The molecule has 86 valence electrons. The predicted octanol–water partition coefficient (Wildman–Crippen LogP) is 2.13. The van der Waals surface area contributed by atoms with Crippen molar-refractivity contribution >= 4 is 18.0 Å². The van der Waals surface area contributed by atoms with Crippen LogP contribution in [0, 0.1) is 16.0 Å². The van der Waals surface area contributed by atoms with E-state index < -0.39 is 0 Å². The van der Waals surface area contributed by atoms with Crippen LogP contribution in [0.1, 0.15) is 16.7 Å². The fourth-order valence-corrected chi connectivity index (χ4v) is 2.74. The molecule has 3 heterocycles. The first-order valence-electron chi connectivity index (χ1n) is 5.47. The van der Waals surface area contributed by atoms with Crippen LogP contribution in [0.4, 0.5) is 5.82 Å². The highest BCUT2D eigenvalue weighted by Crippen LogP contribution is 2.34. The highest BCUT2D eigenvalue weighted by Gasteiger charge is 2.25. The van der Waals surface area contributed by atoms with E-state index in [4.69, 9.17) is 12.2 Å². The van der Waals surface area contributed by atoms with Gasteiger partial charge in [0.1, 0.15) is 17.4 Å². The number of hydrogen-bond donors (Lipinski definition) is 0. The van der Waals surface area contributed by atoms with Gasteiger partial charge >= 0.3 is 0 Å². The van der Waals surface area contributed by atoms with Crippen molar-refractivity contribution < 1.29 is 0 Å². The SMILES string of the molecule is CN1CCc2c(c3n(c(=S)c2C#N)CN=N3)C1. The molecule has 5 nitrogen and oxygen atoms in total. The summed E-state index contributed by atoms with van der Waals surface area (Å²) in [5.41, 5.74) is 2.83. The third-order valence-electron chi connectivity index (χ3n) is 3.30. The Bertz CT molecular complexity index is 622. The van der Waals surface area contributed by atoms with Crippen LogP contribution in [0.2, 0.25) is 0 Å². The van der Waals surface area contributed by atoms with Gasteiger partial charge in [-0.1, -0.05) is 12.2 Å². The van der Waals surface area contributed by atoms with Crippen molar-refractivity contribution in [3.05, 3.63) is 21.3 Å². The number of aromatic nitrogens is 1. The van der Waals surface area contributed by atoms with Crippen LogP contribution in [0.5, 0.6) is 0 Å². The van der Waals surface area contributed by atoms with E-state index in [1.165, 1.54) is 0 Å². The lowest BCUT2D eigenvalue weighted by Crippen LogP contribution is -2.28. The molecule has 1 aromatic heterocycles. The lowest BCUT2D eigenvalue weighted by Gasteiger charge is -2.27. The Labute approximate surface area is 104 Å². The maximum absolute atomic E-state index is 9.27. The molecule has 17 heavy (non-hydrogen) atoms. The quantitative estimate of drug-likeness (QED) is 0.658. The summed E-state index contributed by atoms with van der Waals surface area (Å²) in [5, 5.41) is 17.4. The molecular formula is C11H11N5S. The summed E-state index contributed by atoms with van der Waals surface area (Å²) in [6.45, 7) is 2.21. The number of nitrogens with zero attached hydrogens (tertiary/aromatic N) is 5. The van der Waals surface area contributed by atoms with Gasteiger partial charge < -0.3 is 4.90 Å². The molecule has 2 aliphatic heterocycles. The number of fused-ring (bicyclic) bond motifs is 3. The first-order valence-corrected chi connectivity index (χ1v) is 5.88. The number of hydrogen-bond acceptors (Lipinski definition) is 5. The lowest BCUT2D eigenvalue weighted by atomic mass is 9.97. The van der Waals surface area contributed by atoms with E-state index in [1.807, 2.05) is 4.57 Å². The van der Waals surface area contributed by atoms with E-state index >= 15 is 0 Å². The second-order valence-corrected chi connectivity index (χ2v) is 4.76. The van der Waals surface area contributed by atoms with Gasteiger partial charge in [-0.15, -0.1) is 5.11 Å². The topological polar surface area (TPSA) is 56.7 Å². The molecule has 1 aromatic rings.